The predicted molar refractivity (Wildman–Crippen MR) is 159 cm³/mol. The smallest absolute Gasteiger partial charge is 0.340 e. The van der Waals surface area contributed by atoms with E-state index in [1.807, 2.05) is 0 Å². The first-order valence-corrected chi connectivity index (χ1v) is 13.8. The normalized spacial score (nSPS) is 10.9. The molecule has 2 N–H and O–H groups in total. The predicted octanol–water partition coefficient (Wildman–Crippen LogP) is 5.58. The van der Waals surface area contributed by atoms with Gasteiger partial charge in [-0.15, -0.1) is 0 Å². The van der Waals surface area contributed by atoms with Gasteiger partial charge in [0.2, 0.25) is 11.7 Å². The first-order valence-electron chi connectivity index (χ1n) is 13.8. The SMILES string of the molecule is CCCCCCCCOCC(=O)N(C)c1ccc(NC(=O)C=Cc2cc(OC)c(O)c(OC)c2)cc1C(=O)OCC. The van der Waals surface area contributed by atoms with Gasteiger partial charge in [-0.3, -0.25) is 9.59 Å². The van der Waals surface area contributed by atoms with Crippen LogP contribution in [0.4, 0.5) is 11.4 Å². The molecular weight excluding hydrogens is 528 g/mol. The van der Waals surface area contributed by atoms with Crippen LogP contribution in [0.25, 0.3) is 6.08 Å². The number of methoxy groups -OCH3 is 2. The van der Waals surface area contributed by atoms with Crippen LogP contribution < -0.4 is 19.7 Å². The Balaban J connectivity index is 2.09. The zero-order chi connectivity index (χ0) is 30.2. The van der Waals surface area contributed by atoms with Crippen LogP contribution >= 0.6 is 0 Å². The molecule has 0 fully saturated rings. The number of hydrogen-bond acceptors (Lipinski definition) is 8. The molecule has 41 heavy (non-hydrogen) atoms. The van der Waals surface area contributed by atoms with Crippen molar-refractivity contribution in [3.63, 3.8) is 0 Å². The molecule has 10 heteroatoms. The number of phenols is 1. The monoisotopic (exact) mass is 570 g/mol. The number of ether oxygens (including phenoxy) is 4. The quantitative estimate of drug-likeness (QED) is 0.144. The molecule has 0 aliphatic carbocycles. The first kappa shape index (κ1) is 33.2. The summed E-state index contributed by atoms with van der Waals surface area (Å²) in [6, 6.07) is 7.75. The Morgan fingerprint density at radius 1 is 0.951 bits per heavy atom. The second-order valence-corrected chi connectivity index (χ2v) is 9.32. The number of phenolic OH excluding ortho intramolecular Hbond substituents is 1. The molecule has 0 radical (unpaired) electrons. The van der Waals surface area contributed by atoms with E-state index in [1.165, 1.54) is 56.6 Å². The highest BCUT2D eigenvalue weighted by atomic mass is 16.5. The van der Waals surface area contributed by atoms with Crippen LogP contribution in [0.1, 0.15) is 68.3 Å². The van der Waals surface area contributed by atoms with Crippen LogP contribution in [0.2, 0.25) is 0 Å². The lowest BCUT2D eigenvalue weighted by Gasteiger charge is -2.21. The summed E-state index contributed by atoms with van der Waals surface area (Å²) in [5.74, 6) is -1.13. The zero-order valence-electron chi connectivity index (χ0n) is 24.7. The number of likely N-dealkylation sites (N-methyl/N-ethyl adjacent to an activating group) is 1. The van der Waals surface area contributed by atoms with Gasteiger partial charge in [0.15, 0.2) is 11.5 Å². The van der Waals surface area contributed by atoms with E-state index in [9.17, 15) is 19.5 Å². The minimum absolute atomic E-state index is 0.107. The lowest BCUT2D eigenvalue weighted by atomic mass is 10.1. The number of nitrogens with zero attached hydrogens (tertiary/aromatic N) is 1. The van der Waals surface area contributed by atoms with Gasteiger partial charge in [-0.25, -0.2) is 4.79 Å². The Labute approximate surface area is 242 Å². The van der Waals surface area contributed by atoms with Crippen LogP contribution in [0.15, 0.2) is 36.4 Å². The number of unbranched alkanes of at least 4 members (excludes halogenated alkanes) is 5. The van der Waals surface area contributed by atoms with Gasteiger partial charge in [-0.05, 0) is 55.3 Å². The summed E-state index contributed by atoms with van der Waals surface area (Å²) >= 11 is 0. The van der Waals surface area contributed by atoms with Crippen LogP contribution in [-0.4, -0.2) is 64.0 Å². The van der Waals surface area contributed by atoms with E-state index >= 15 is 0 Å². The number of esters is 1. The van der Waals surface area contributed by atoms with Gasteiger partial charge in [0, 0.05) is 25.4 Å². The van der Waals surface area contributed by atoms with Crippen molar-refractivity contribution in [2.75, 3.05) is 51.3 Å². The van der Waals surface area contributed by atoms with Crippen LogP contribution in [0.5, 0.6) is 17.2 Å². The molecule has 2 aromatic rings. The number of anilines is 2. The van der Waals surface area contributed by atoms with Crippen molar-refractivity contribution >= 4 is 35.2 Å². The molecule has 0 heterocycles. The summed E-state index contributed by atoms with van der Waals surface area (Å²) in [4.78, 5) is 39.5. The topological polar surface area (TPSA) is 124 Å². The first-order chi connectivity index (χ1) is 19.7. The maximum atomic E-state index is 12.8. The number of aromatic hydroxyl groups is 1. The largest absolute Gasteiger partial charge is 0.502 e. The lowest BCUT2D eigenvalue weighted by Crippen LogP contribution is -2.31. The molecular formula is C31H42N2O8. The molecule has 0 spiro atoms. The van der Waals surface area contributed by atoms with Crippen molar-refractivity contribution in [3.05, 3.63) is 47.5 Å². The molecule has 2 amide bonds. The number of nitrogens with one attached hydrogen (secondary N) is 1. The van der Waals surface area contributed by atoms with Crippen LogP contribution in [0.3, 0.4) is 0 Å². The Morgan fingerprint density at radius 3 is 2.24 bits per heavy atom. The van der Waals surface area contributed by atoms with E-state index in [0.717, 1.165) is 19.3 Å². The fourth-order valence-corrected chi connectivity index (χ4v) is 4.02. The number of carbonyl (C=O) groups excluding carboxylic acids is 3. The highest BCUT2D eigenvalue weighted by Crippen LogP contribution is 2.37. The van der Waals surface area contributed by atoms with Crippen molar-refractivity contribution in [2.24, 2.45) is 0 Å². The number of amides is 2. The average Bonchev–Trinajstić information content (AvgIpc) is 2.97. The molecule has 2 aromatic carbocycles. The zero-order valence-corrected chi connectivity index (χ0v) is 24.7. The minimum atomic E-state index is -0.620. The number of carbonyl (C=O) groups is 3. The molecule has 0 saturated carbocycles. The van der Waals surface area contributed by atoms with Crippen molar-refractivity contribution < 1.29 is 38.4 Å². The highest BCUT2D eigenvalue weighted by Gasteiger charge is 2.21. The third kappa shape index (κ3) is 10.5. The maximum absolute atomic E-state index is 12.8. The Hall–Kier alpha value is -4.05. The summed E-state index contributed by atoms with van der Waals surface area (Å²) in [5.41, 5.74) is 1.38. The lowest BCUT2D eigenvalue weighted by molar-refractivity contribution is -0.122. The molecule has 0 bridgehead atoms. The Kier molecular flexibility index (Phi) is 14.2. The van der Waals surface area contributed by atoms with Crippen molar-refractivity contribution in [3.8, 4) is 17.2 Å². The van der Waals surface area contributed by atoms with Gasteiger partial charge in [0.05, 0.1) is 32.1 Å². The van der Waals surface area contributed by atoms with Gasteiger partial charge < -0.3 is 34.3 Å². The minimum Gasteiger partial charge on any atom is -0.502 e. The maximum Gasteiger partial charge on any atom is 0.340 e. The van der Waals surface area contributed by atoms with Crippen LogP contribution in [-0.2, 0) is 19.1 Å². The number of benzene rings is 2. The summed E-state index contributed by atoms with van der Waals surface area (Å²) < 4.78 is 21.0. The molecule has 2 rings (SSSR count). The van der Waals surface area contributed by atoms with Gasteiger partial charge in [-0.1, -0.05) is 39.0 Å². The summed E-state index contributed by atoms with van der Waals surface area (Å²) in [7, 11) is 4.39. The van der Waals surface area contributed by atoms with E-state index in [1.54, 1.807) is 38.2 Å². The fraction of sp³-hybridized carbons (Fsp3) is 0.452. The van der Waals surface area contributed by atoms with E-state index in [2.05, 4.69) is 12.2 Å². The molecule has 224 valence electrons. The molecule has 0 aliphatic heterocycles. The highest BCUT2D eigenvalue weighted by molar-refractivity contribution is 6.06. The Bertz CT molecular complexity index is 1170. The van der Waals surface area contributed by atoms with Crippen LogP contribution in [0, 0.1) is 0 Å². The van der Waals surface area contributed by atoms with Gasteiger partial charge in [-0.2, -0.15) is 0 Å². The number of rotatable bonds is 17. The van der Waals surface area contributed by atoms with E-state index < -0.39 is 11.9 Å². The van der Waals surface area contributed by atoms with Crippen molar-refractivity contribution in [1.82, 2.24) is 0 Å². The third-order valence-electron chi connectivity index (χ3n) is 6.29. The average molecular weight is 571 g/mol. The molecule has 0 saturated heterocycles. The second-order valence-electron chi connectivity index (χ2n) is 9.32. The van der Waals surface area contributed by atoms with Gasteiger partial charge in [0.1, 0.15) is 6.61 Å². The molecule has 0 atom stereocenters. The summed E-state index contributed by atoms with van der Waals surface area (Å²) in [6.07, 6.45) is 9.58. The molecule has 0 aromatic heterocycles. The summed E-state index contributed by atoms with van der Waals surface area (Å²) in [6.45, 7) is 4.40. The van der Waals surface area contributed by atoms with E-state index in [0.29, 0.717) is 23.5 Å². The molecule has 10 nitrogen and oxygen atoms in total. The summed E-state index contributed by atoms with van der Waals surface area (Å²) in [5, 5.41) is 12.8. The molecule has 0 aliphatic rings. The standard InChI is InChI=1S/C31H42N2O8/c1-6-8-9-10-11-12-17-40-21-29(35)33(3)25-15-14-23(20-24(25)31(37)41-7-2)32-28(34)16-13-22-18-26(38-4)30(36)27(19-22)39-5/h13-16,18-20,36H,6-12,17,21H2,1-5H3,(H,32,34). The second kappa shape index (κ2) is 17.6. The number of hydrogen-bond donors (Lipinski definition) is 2. The fourth-order valence-electron chi connectivity index (χ4n) is 4.02. The van der Waals surface area contributed by atoms with Gasteiger partial charge in [0.25, 0.3) is 5.91 Å². The van der Waals surface area contributed by atoms with Crippen molar-refractivity contribution in [1.29, 1.82) is 0 Å². The Morgan fingerprint density at radius 2 is 1.61 bits per heavy atom. The van der Waals surface area contributed by atoms with E-state index in [4.69, 9.17) is 18.9 Å². The van der Waals surface area contributed by atoms with Crippen molar-refractivity contribution in [2.45, 2.75) is 52.4 Å². The molecule has 0 unspecified atom stereocenters. The van der Waals surface area contributed by atoms with E-state index in [-0.39, 0.29) is 41.9 Å². The van der Waals surface area contributed by atoms with Gasteiger partial charge >= 0.3 is 5.97 Å². The third-order valence-corrected chi connectivity index (χ3v) is 6.29.